The summed E-state index contributed by atoms with van der Waals surface area (Å²) in [6.45, 7) is 3.54. The van der Waals surface area contributed by atoms with Gasteiger partial charge in [-0.25, -0.2) is 13.1 Å². The van der Waals surface area contributed by atoms with Crippen LogP contribution in [0.2, 0.25) is 5.02 Å². The smallest absolute Gasteiger partial charge is 0.241 e. The number of benzene rings is 1. The van der Waals surface area contributed by atoms with Crippen molar-refractivity contribution in [2.24, 2.45) is 0 Å². The molecule has 0 fully saturated rings. The molecule has 8 heteroatoms. The number of hydrogen-bond donors (Lipinski definition) is 3. The molecule has 1 amide bonds. The normalized spacial score (nSPS) is 11.3. The molecule has 0 atom stereocenters. The third-order valence-electron chi connectivity index (χ3n) is 2.46. The molecule has 0 saturated carbocycles. The van der Waals surface area contributed by atoms with Gasteiger partial charge >= 0.3 is 0 Å². The summed E-state index contributed by atoms with van der Waals surface area (Å²) in [5.74, 6) is -0.405. The van der Waals surface area contributed by atoms with E-state index in [2.05, 4.69) is 10.0 Å². The molecule has 106 valence electrons. The van der Waals surface area contributed by atoms with E-state index in [9.17, 15) is 13.2 Å². The minimum atomic E-state index is -3.81. The Morgan fingerprint density at radius 3 is 2.58 bits per heavy atom. The second-order valence-electron chi connectivity index (χ2n) is 3.90. The van der Waals surface area contributed by atoms with Gasteiger partial charge in [-0.1, -0.05) is 11.6 Å². The highest BCUT2D eigenvalue weighted by molar-refractivity contribution is 7.89. The number of nitrogens with one attached hydrogen (secondary N) is 2. The van der Waals surface area contributed by atoms with E-state index in [0.29, 0.717) is 12.1 Å². The molecule has 0 aliphatic carbocycles. The van der Waals surface area contributed by atoms with Crippen LogP contribution in [0, 0.1) is 6.92 Å². The fraction of sp³-hybridized carbons (Fsp3) is 0.364. The Bertz CT molecular complexity index is 564. The summed E-state index contributed by atoms with van der Waals surface area (Å²) in [6.07, 6.45) is 0. The number of sulfonamides is 1. The first kappa shape index (κ1) is 15.7. The molecule has 0 spiro atoms. The Morgan fingerprint density at radius 1 is 1.42 bits per heavy atom. The maximum absolute atomic E-state index is 12.0. The van der Waals surface area contributed by atoms with Gasteiger partial charge < -0.3 is 11.1 Å². The number of hydrogen-bond acceptors (Lipinski definition) is 4. The molecule has 0 unspecified atom stereocenters. The Labute approximate surface area is 117 Å². The van der Waals surface area contributed by atoms with Gasteiger partial charge in [-0.15, -0.1) is 0 Å². The van der Waals surface area contributed by atoms with Crippen LogP contribution in [-0.2, 0) is 14.8 Å². The van der Waals surface area contributed by atoms with Crippen molar-refractivity contribution >= 4 is 33.2 Å². The number of carbonyl (C=O) groups is 1. The Morgan fingerprint density at radius 2 is 2.05 bits per heavy atom. The van der Waals surface area contributed by atoms with Gasteiger partial charge in [0.15, 0.2) is 0 Å². The number of likely N-dealkylation sites (N-methyl/N-ethyl adjacent to an activating group) is 1. The highest BCUT2D eigenvalue weighted by Crippen LogP contribution is 2.25. The number of anilines is 1. The summed E-state index contributed by atoms with van der Waals surface area (Å²) in [6, 6.07) is 2.61. The monoisotopic (exact) mass is 305 g/mol. The lowest BCUT2D eigenvalue weighted by molar-refractivity contribution is -0.119. The van der Waals surface area contributed by atoms with Gasteiger partial charge in [0, 0.05) is 17.3 Å². The number of rotatable bonds is 5. The molecule has 0 heterocycles. The molecular weight excluding hydrogens is 290 g/mol. The van der Waals surface area contributed by atoms with E-state index in [4.69, 9.17) is 17.3 Å². The highest BCUT2D eigenvalue weighted by atomic mass is 35.5. The number of nitrogens with two attached hydrogens (primary N) is 1. The van der Waals surface area contributed by atoms with E-state index < -0.39 is 15.9 Å². The van der Waals surface area contributed by atoms with Crippen LogP contribution in [-0.4, -0.2) is 27.4 Å². The first-order chi connectivity index (χ1) is 8.77. The topological polar surface area (TPSA) is 101 Å². The lowest BCUT2D eigenvalue weighted by Gasteiger charge is -2.10. The zero-order chi connectivity index (χ0) is 14.6. The van der Waals surface area contributed by atoms with Gasteiger partial charge in [0.05, 0.1) is 11.4 Å². The first-order valence-corrected chi connectivity index (χ1v) is 7.46. The number of carbonyl (C=O) groups excluding carboxylic acids is 1. The molecule has 0 aliphatic heterocycles. The van der Waals surface area contributed by atoms with Gasteiger partial charge in [-0.3, -0.25) is 4.79 Å². The van der Waals surface area contributed by atoms with E-state index in [-0.39, 0.29) is 22.2 Å². The van der Waals surface area contributed by atoms with Gasteiger partial charge in [-0.2, -0.15) is 0 Å². The largest absolute Gasteiger partial charge is 0.398 e. The van der Waals surface area contributed by atoms with Crippen molar-refractivity contribution in [3.63, 3.8) is 0 Å². The van der Waals surface area contributed by atoms with Crippen molar-refractivity contribution in [1.82, 2.24) is 10.0 Å². The van der Waals surface area contributed by atoms with Crippen molar-refractivity contribution in [2.45, 2.75) is 18.7 Å². The van der Waals surface area contributed by atoms with Crippen LogP contribution in [0.25, 0.3) is 0 Å². The lowest BCUT2D eigenvalue weighted by atomic mass is 10.2. The quantitative estimate of drug-likeness (QED) is 0.695. The number of amides is 1. The van der Waals surface area contributed by atoms with Gasteiger partial charge in [-0.05, 0) is 31.5 Å². The fourth-order valence-corrected chi connectivity index (χ4v) is 2.67. The van der Waals surface area contributed by atoms with Crippen LogP contribution >= 0.6 is 11.6 Å². The van der Waals surface area contributed by atoms with Crippen molar-refractivity contribution in [3.05, 3.63) is 22.7 Å². The summed E-state index contributed by atoms with van der Waals surface area (Å²) in [5.41, 5.74) is 6.56. The van der Waals surface area contributed by atoms with Crippen molar-refractivity contribution in [3.8, 4) is 0 Å². The van der Waals surface area contributed by atoms with E-state index in [1.54, 1.807) is 13.8 Å². The number of nitrogen functional groups attached to an aromatic ring is 1. The second-order valence-corrected chi connectivity index (χ2v) is 6.07. The maximum atomic E-state index is 12.0. The van der Waals surface area contributed by atoms with Crippen molar-refractivity contribution in [1.29, 1.82) is 0 Å². The Hall–Kier alpha value is -1.31. The zero-order valence-electron chi connectivity index (χ0n) is 10.7. The van der Waals surface area contributed by atoms with Crippen LogP contribution in [0.1, 0.15) is 12.5 Å². The molecule has 0 saturated heterocycles. The third kappa shape index (κ3) is 4.09. The van der Waals surface area contributed by atoms with Crippen molar-refractivity contribution < 1.29 is 13.2 Å². The fourth-order valence-electron chi connectivity index (χ4n) is 1.33. The summed E-state index contributed by atoms with van der Waals surface area (Å²) < 4.78 is 26.1. The standard InChI is InChI=1S/C11H16ClN3O3S/c1-3-14-11(16)6-15-19(17,18)8-4-9(12)7(2)10(13)5-8/h4-5,15H,3,6,13H2,1-2H3,(H,14,16). The molecule has 1 rings (SSSR count). The van der Waals surface area contributed by atoms with Crippen molar-refractivity contribution in [2.75, 3.05) is 18.8 Å². The first-order valence-electron chi connectivity index (χ1n) is 5.60. The average Bonchev–Trinajstić information content (AvgIpc) is 2.33. The van der Waals surface area contributed by atoms with Crippen LogP contribution < -0.4 is 15.8 Å². The van der Waals surface area contributed by atoms with E-state index >= 15 is 0 Å². The molecule has 0 radical (unpaired) electrons. The molecule has 6 nitrogen and oxygen atoms in total. The van der Waals surface area contributed by atoms with Crippen LogP contribution in [0.5, 0.6) is 0 Å². The average molecular weight is 306 g/mol. The van der Waals surface area contributed by atoms with Gasteiger partial charge in [0.2, 0.25) is 15.9 Å². The zero-order valence-corrected chi connectivity index (χ0v) is 12.2. The molecule has 19 heavy (non-hydrogen) atoms. The minimum Gasteiger partial charge on any atom is -0.398 e. The Kier molecular flexibility index (Phi) is 5.16. The number of halogens is 1. The predicted molar refractivity (Wildman–Crippen MR) is 74.5 cm³/mol. The molecule has 1 aromatic rings. The predicted octanol–water partition coefficient (Wildman–Crippen LogP) is 0.645. The minimum absolute atomic E-state index is 0.0649. The molecule has 0 aliphatic rings. The van der Waals surface area contributed by atoms with Gasteiger partial charge in [0.1, 0.15) is 0 Å². The van der Waals surface area contributed by atoms with Crippen LogP contribution in [0.4, 0.5) is 5.69 Å². The molecule has 0 bridgehead atoms. The van der Waals surface area contributed by atoms with E-state index in [1.807, 2.05) is 0 Å². The lowest BCUT2D eigenvalue weighted by Crippen LogP contribution is -2.36. The second kappa shape index (κ2) is 6.23. The Balaban J connectivity index is 2.92. The molecular formula is C11H16ClN3O3S. The summed E-state index contributed by atoms with van der Waals surface area (Å²) in [4.78, 5) is 11.2. The SMILES string of the molecule is CCNC(=O)CNS(=O)(=O)c1cc(N)c(C)c(Cl)c1. The van der Waals surface area contributed by atoms with E-state index in [1.165, 1.54) is 12.1 Å². The molecule has 4 N–H and O–H groups in total. The maximum Gasteiger partial charge on any atom is 0.241 e. The highest BCUT2D eigenvalue weighted by Gasteiger charge is 2.17. The van der Waals surface area contributed by atoms with Gasteiger partial charge in [0.25, 0.3) is 0 Å². The van der Waals surface area contributed by atoms with E-state index in [0.717, 1.165) is 0 Å². The summed E-state index contributed by atoms with van der Waals surface area (Å²) in [5, 5.41) is 2.75. The molecule has 0 aromatic heterocycles. The molecule has 1 aromatic carbocycles. The van der Waals surface area contributed by atoms with Crippen LogP contribution in [0.15, 0.2) is 17.0 Å². The summed E-state index contributed by atoms with van der Waals surface area (Å²) >= 11 is 5.89. The summed E-state index contributed by atoms with van der Waals surface area (Å²) in [7, 11) is -3.81. The van der Waals surface area contributed by atoms with Crippen LogP contribution in [0.3, 0.4) is 0 Å². The third-order valence-corrected chi connectivity index (χ3v) is 4.24.